The summed E-state index contributed by atoms with van der Waals surface area (Å²) in [6, 6.07) is 0. The summed E-state index contributed by atoms with van der Waals surface area (Å²) in [7, 11) is 0. The van der Waals surface area contributed by atoms with E-state index in [9.17, 15) is 0 Å². The summed E-state index contributed by atoms with van der Waals surface area (Å²) in [5, 5.41) is 0. The summed E-state index contributed by atoms with van der Waals surface area (Å²) < 4.78 is 3.89. The van der Waals surface area contributed by atoms with Crippen molar-refractivity contribution in [1.29, 1.82) is 0 Å². The molecule has 0 unspecified atom stereocenters. The quantitative estimate of drug-likeness (QED) is 0.579. The van der Waals surface area contributed by atoms with Crippen LogP contribution in [0.15, 0.2) is 0 Å². The summed E-state index contributed by atoms with van der Waals surface area (Å²) in [6.45, 7) is 0.387. The van der Waals surface area contributed by atoms with Gasteiger partial charge in [0.1, 0.15) is 0 Å². The van der Waals surface area contributed by atoms with E-state index < -0.39 is 0 Å². The third-order valence-corrected chi connectivity index (χ3v) is 0.278. The average Bonchev–Trinajstić information content (AvgIpc) is 1.37. The average molecular weight is 235 g/mol. The normalized spacial score (nSPS) is 5.25. The second kappa shape index (κ2) is 3.11. The molecule has 0 aromatic rings. The molecule has 0 atom stereocenters. The van der Waals surface area contributed by atoms with E-state index >= 15 is 0 Å². The maximum atomic E-state index is 8.96. The second-order valence-corrected chi connectivity index (χ2v) is 0.778. The summed E-state index contributed by atoms with van der Waals surface area (Å²) in [6.07, 6.45) is 0. The zero-order valence-electron chi connectivity index (χ0n) is 1.75. The van der Waals surface area contributed by atoms with E-state index in [0.717, 1.165) is 19.0 Å². The van der Waals surface area contributed by atoms with Gasteiger partial charge in [-0.05, 0) is 0 Å². The minimum atomic E-state index is 0.387. The van der Waals surface area contributed by atoms with Gasteiger partial charge in [0.25, 0.3) is 0 Å². The number of carbonyl (C=O) groups is 1. The molecule has 2 nitrogen and oxygen atoms in total. The molecule has 0 spiro atoms. The zero-order chi connectivity index (χ0) is 3.41. The Hall–Kier alpha value is 0.106. The molecule has 0 aromatic carbocycles. The Kier molecular flexibility index (Phi) is 3.19. The number of rotatable bonds is 1. The number of carbonyl (C=O) groups excluding carboxylic acids is 1. The first-order chi connectivity index (χ1) is 1.91. The molecular formula is CHO2Os. The first-order valence-corrected chi connectivity index (χ1v) is 1.65. The molecular weight excluding hydrogens is 234 g/mol. The Bertz CT molecular complexity index is 20.0. The van der Waals surface area contributed by atoms with Crippen LogP contribution < -0.4 is 0 Å². The van der Waals surface area contributed by atoms with Crippen LogP contribution in [0.2, 0.25) is 0 Å². The van der Waals surface area contributed by atoms with Gasteiger partial charge < -0.3 is 0 Å². The molecule has 0 saturated heterocycles. The van der Waals surface area contributed by atoms with Gasteiger partial charge in [-0.15, -0.1) is 0 Å². The van der Waals surface area contributed by atoms with Crippen molar-refractivity contribution in [1.82, 2.24) is 0 Å². The Morgan fingerprint density at radius 2 is 2.25 bits per heavy atom. The monoisotopic (exact) mass is 237 g/mol. The van der Waals surface area contributed by atoms with Gasteiger partial charge in [-0.3, -0.25) is 0 Å². The fourth-order valence-corrected chi connectivity index (χ4v) is 0. The predicted octanol–water partition coefficient (Wildman–Crippen LogP) is -0.379. The molecule has 0 heterocycles. The maximum absolute atomic E-state index is 8.96. The fraction of sp³-hybridized carbons (Fsp3) is 0. The Morgan fingerprint density at radius 1 is 2.00 bits per heavy atom. The van der Waals surface area contributed by atoms with Gasteiger partial charge in [0.15, 0.2) is 0 Å². The minimum absolute atomic E-state index is 0.387. The Labute approximate surface area is 34.5 Å². The van der Waals surface area contributed by atoms with Crippen LogP contribution in [-0.2, 0) is 27.3 Å². The van der Waals surface area contributed by atoms with E-state index in [0.29, 0.717) is 6.47 Å². The van der Waals surface area contributed by atoms with Crippen molar-refractivity contribution in [2.24, 2.45) is 0 Å². The van der Waals surface area contributed by atoms with Crippen molar-refractivity contribution in [2.75, 3.05) is 0 Å². The van der Waals surface area contributed by atoms with Crippen molar-refractivity contribution in [3.63, 3.8) is 0 Å². The summed E-state index contributed by atoms with van der Waals surface area (Å²) in [5.41, 5.74) is 0. The molecule has 3 heteroatoms. The Balaban J connectivity index is 2.30. The fourth-order valence-electron chi connectivity index (χ4n) is 0. The standard InChI is InChI=1S/CH2O2.Os/c2-1-3;/h1H,(H,2,3);/q;+1/p-1. The molecule has 0 aliphatic carbocycles. The van der Waals surface area contributed by atoms with Crippen LogP contribution in [0.25, 0.3) is 0 Å². The SMILES string of the molecule is O=C[O][Os]. The van der Waals surface area contributed by atoms with Gasteiger partial charge in [-0.1, -0.05) is 0 Å². The van der Waals surface area contributed by atoms with Crippen LogP contribution in [0, 0.1) is 0 Å². The van der Waals surface area contributed by atoms with E-state index in [4.69, 9.17) is 4.79 Å². The van der Waals surface area contributed by atoms with Crippen LogP contribution in [-0.4, -0.2) is 6.47 Å². The van der Waals surface area contributed by atoms with Crippen molar-refractivity contribution in [3.05, 3.63) is 0 Å². The van der Waals surface area contributed by atoms with Crippen LogP contribution >= 0.6 is 0 Å². The van der Waals surface area contributed by atoms with Crippen molar-refractivity contribution in [3.8, 4) is 0 Å². The van der Waals surface area contributed by atoms with Crippen LogP contribution in [0.5, 0.6) is 0 Å². The van der Waals surface area contributed by atoms with Crippen LogP contribution in [0.4, 0.5) is 0 Å². The van der Waals surface area contributed by atoms with Gasteiger partial charge in [0, 0.05) is 0 Å². The third-order valence-electron chi connectivity index (χ3n) is 0.0340. The molecule has 25 valence electrons. The molecule has 0 aromatic heterocycles. The molecule has 0 aliphatic rings. The van der Waals surface area contributed by atoms with E-state index in [1.54, 1.807) is 0 Å². The third kappa shape index (κ3) is 2.11. The number of hydrogen-bond donors (Lipinski definition) is 0. The molecule has 0 aliphatic heterocycles. The van der Waals surface area contributed by atoms with Crippen molar-refractivity contribution >= 4 is 6.47 Å². The van der Waals surface area contributed by atoms with Gasteiger partial charge in [0.2, 0.25) is 0 Å². The molecule has 0 radical (unpaired) electrons. The number of hydrogen-bond acceptors (Lipinski definition) is 2. The predicted molar refractivity (Wildman–Crippen MR) is 7.15 cm³/mol. The Morgan fingerprint density at radius 3 is 2.25 bits per heavy atom. The molecule has 0 amide bonds. The first kappa shape index (κ1) is 4.11. The van der Waals surface area contributed by atoms with Crippen LogP contribution in [0.1, 0.15) is 0 Å². The summed E-state index contributed by atoms with van der Waals surface area (Å²) in [5.74, 6) is 0. The molecule has 0 N–H and O–H groups in total. The molecule has 0 saturated carbocycles. The first-order valence-electron chi connectivity index (χ1n) is 0.616. The topological polar surface area (TPSA) is 26.3 Å². The van der Waals surface area contributed by atoms with Gasteiger partial charge in [-0.25, -0.2) is 0 Å². The molecule has 0 rings (SSSR count). The van der Waals surface area contributed by atoms with E-state index in [1.807, 2.05) is 0 Å². The van der Waals surface area contributed by atoms with Gasteiger partial charge in [0.05, 0.1) is 0 Å². The van der Waals surface area contributed by atoms with E-state index in [2.05, 4.69) is 3.53 Å². The summed E-state index contributed by atoms with van der Waals surface area (Å²) >= 11 is 1.15. The molecule has 0 fully saturated rings. The van der Waals surface area contributed by atoms with Crippen molar-refractivity contribution in [2.45, 2.75) is 0 Å². The van der Waals surface area contributed by atoms with Gasteiger partial charge in [-0.2, -0.15) is 0 Å². The summed E-state index contributed by atoms with van der Waals surface area (Å²) in [4.78, 5) is 8.96. The zero-order valence-corrected chi connectivity index (χ0v) is 4.29. The van der Waals surface area contributed by atoms with Gasteiger partial charge >= 0.3 is 33.8 Å². The molecule has 0 bridgehead atoms. The van der Waals surface area contributed by atoms with E-state index in [1.165, 1.54) is 0 Å². The van der Waals surface area contributed by atoms with E-state index in [-0.39, 0.29) is 0 Å². The second-order valence-electron chi connectivity index (χ2n) is 0.180. The molecule has 4 heavy (non-hydrogen) atoms. The van der Waals surface area contributed by atoms with Crippen LogP contribution in [0.3, 0.4) is 0 Å². The van der Waals surface area contributed by atoms with Crippen molar-refractivity contribution < 1.29 is 27.3 Å².